The Morgan fingerprint density at radius 1 is 1.17 bits per heavy atom. The summed E-state index contributed by atoms with van der Waals surface area (Å²) in [7, 11) is 0. The predicted octanol–water partition coefficient (Wildman–Crippen LogP) is 4.95. The van der Waals surface area contributed by atoms with Crippen LogP contribution in [0.2, 0.25) is 0 Å². The predicted molar refractivity (Wildman–Crippen MR) is 113 cm³/mol. The fourth-order valence-electron chi connectivity index (χ4n) is 2.89. The third-order valence-electron chi connectivity index (χ3n) is 4.47. The van der Waals surface area contributed by atoms with Gasteiger partial charge >= 0.3 is 0 Å². The quantitative estimate of drug-likeness (QED) is 0.449. The van der Waals surface area contributed by atoms with E-state index in [1.165, 1.54) is 11.3 Å². The molecule has 7 heteroatoms. The number of halogens is 1. The molecule has 0 fully saturated rings. The van der Waals surface area contributed by atoms with Crippen molar-refractivity contribution < 1.29 is 18.7 Å². The summed E-state index contributed by atoms with van der Waals surface area (Å²) in [5, 5.41) is 2.77. The minimum atomic E-state index is -0.431. The van der Waals surface area contributed by atoms with Gasteiger partial charge < -0.3 is 14.8 Å². The number of amides is 1. The van der Waals surface area contributed by atoms with E-state index in [4.69, 9.17) is 9.47 Å². The molecule has 0 saturated carbocycles. The Hall–Kier alpha value is -2.51. The van der Waals surface area contributed by atoms with Crippen molar-refractivity contribution in [3.8, 4) is 5.75 Å². The number of hydrogen-bond acceptors (Lipinski definition) is 5. The Morgan fingerprint density at radius 3 is 2.90 bits per heavy atom. The maximum Gasteiger partial charge on any atom is 0.251 e. The van der Waals surface area contributed by atoms with Crippen molar-refractivity contribution in [1.82, 2.24) is 10.3 Å². The van der Waals surface area contributed by atoms with Crippen LogP contribution in [0.3, 0.4) is 0 Å². The molecule has 29 heavy (non-hydrogen) atoms. The van der Waals surface area contributed by atoms with Crippen LogP contribution >= 0.6 is 11.3 Å². The van der Waals surface area contributed by atoms with Crippen molar-refractivity contribution >= 4 is 27.5 Å². The van der Waals surface area contributed by atoms with E-state index in [-0.39, 0.29) is 18.2 Å². The Kier molecular flexibility index (Phi) is 7.95. The Labute approximate surface area is 173 Å². The van der Waals surface area contributed by atoms with Crippen LogP contribution in [-0.2, 0) is 11.3 Å². The number of ether oxygens (including phenoxy) is 2. The van der Waals surface area contributed by atoms with Crippen LogP contribution in [0.15, 0.2) is 41.9 Å². The maximum atomic E-state index is 14.7. The Balaban J connectivity index is 1.50. The molecule has 0 radical (unpaired) electrons. The first-order chi connectivity index (χ1) is 14.2. The van der Waals surface area contributed by atoms with Crippen molar-refractivity contribution in [3.63, 3.8) is 0 Å². The summed E-state index contributed by atoms with van der Waals surface area (Å²) in [6, 6.07) is 10.3. The maximum absolute atomic E-state index is 14.7. The molecule has 0 spiro atoms. The number of nitrogens with zero attached hydrogens (tertiary/aromatic N) is 1. The van der Waals surface area contributed by atoms with Gasteiger partial charge in [0.2, 0.25) is 0 Å². The van der Waals surface area contributed by atoms with E-state index in [9.17, 15) is 9.18 Å². The van der Waals surface area contributed by atoms with Gasteiger partial charge in [-0.2, -0.15) is 0 Å². The SMILES string of the molecule is CCOCCCCCOc1cccc(CNC(=O)c2ccc3ncsc3c2)c1F. The van der Waals surface area contributed by atoms with Crippen LogP contribution in [0.5, 0.6) is 5.75 Å². The molecule has 154 valence electrons. The monoisotopic (exact) mass is 416 g/mol. The van der Waals surface area contributed by atoms with Gasteiger partial charge in [0, 0.05) is 30.9 Å². The van der Waals surface area contributed by atoms with Crippen molar-refractivity contribution in [2.45, 2.75) is 32.7 Å². The molecule has 1 amide bonds. The second kappa shape index (κ2) is 10.9. The van der Waals surface area contributed by atoms with E-state index < -0.39 is 5.82 Å². The van der Waals surface area contributed by atoms with Crippen molar-refractivity contribution in [2.75, 3.05) is 19.8 Å². The molecule has 0 aliphatic heterocycles. The van der Waals surface area contributed by atoms with E-state index in [1.807, 2.05) is 13.0 Å². The molecular weight excluding hydrogens is 391 g/mol. The standard InChI is InChI=1S/C22H25FN2O3S/c1-2-27-11-4-3-5-12-28-19-8-6-7-17(21(19)23)14-24-22(26)16-9-10-18-20(13-16)29-15-25-18/h6-10,13,15H,2-5,11-12,14H2,1H3,(H,24,26). The first kappa shape index (κ1) is 21.2. The molecule has 3 rings (SSSR count). The number of aromatic nitrogens is 1. The molecule has 0 bridgehead atoms. The highest BCUT2D eigenvalue weighted by Crippen LogP contribution is 2.22. The van der Waals surface area contributed by atoms with Gasteiger partial charge in [0.15, 0.2) is 11.6 Å². The second-order valence-electron chi connectivity index (χ2n) is 6.55. The molecular formula is C22H25FN2O3S. The molecule has 1 N–H and O–H groups in total. The number of benzene rings is 2. The lowest BCUT2D eigenvalue weighted by atomic mass is 10.1. The van der Waals surface area contributed by atoms with Gasteiger partial charge in [-0.1, -0.05) is 12.1 Å². The van der Waals surface area contributed by atoms with Crippen LogP contribution in [0.4, 0.5) is 4.39 Å². The number of carbonyl (C=O) groups is 1. The van der Waals surface area contributed by atoms with E-state index in [0.29, 0.717) is 17.7 Å². The van der Waals surface area contributed by atoms with Crippen LogP contribution in [0.1, 0.15) is 42.1 Å². The van der Waals surface area contributed by atoms with Crippen molar-refractivity contribution in [1.29, 1.82) is 0 Å². The molecule has 0 aliphatic rings. The summed E-state index contributed by atoms with van der Waals surface area (Å²) in [5.41, 5.74) is 3.53. The van der Waals surface area contributed by atoms with Gasteiger partial charge in [-0.05, 0) is 50.5 Å². The average molecular weight is 417 g/mol. The Morgan fingerprint density at radius 2 is 2.03 bits per heavy atom. The van der Waals surface area contributed by atoms with Crippen LogP contribution in [0.25, 0.3) is 10.2 Å². The molecule has 5 nitrogen and oxygen atoms in total. The fraction of sp³-hybridized carbons (Fsp3) is 0.364. The highest BCUT2D eigenvalue weighted by molar-refractivity contribution is 7.16. The van der Waals surface area contributed by atoms with Crippen LogP contribution in [-0.4, -0.2) is 30.7 Å². The van der Waals surface area contributed by atoms with Gasteiger partial charge in [-0.25, -0.2) is 9.37 Å². The third-order valence-corrected chi connectivity index (χ3v) is 5.26. The minimum Gasteiger partial charge on any atom is -0.491 e. The van der Waals surface area contributed by atoms with Crippen molar-refractivity contribution in [2.24, 2.45) is 0 Å². The molecule has 2 aromatic carbocycles. The zero-order valence-corrected chi connectivity index (χ0v) is 17.3. The first-order valence-electron chi connectivity index (χ1n) is 9.78. The number of fused-ring (bicyclic) bond motifs is 1. The van der Waals surface area contributed by atoms with Crippen molar-refractivity contribution in [3.05, 3.63) is 58.9 Å². The summed E-state index contributed by atoms with van der Waals surface area (Å²) in [6.07, 6.45) is 2.79. The molecule has 3 aromatic rings. The van der Waals surface area contributed by atoms with E-state index in [1.54, 1.807) is 35.8 Å². The van der Waals surface area contributed by atoms with Gasteiger partial charge in [0.1, 0.15) is 0 Å². The van der Waals surface area contributed by atoms with Gasteiger partial charge in [0.05, 0.1) is 22.3 Å². The molecule has 0 saturated heterocycles. The van der Waals surface area contributed by atoms with E-state index >= 15 is 0 Å². The third kappa shape index (κ3) is 5.98. The topological polar surface area (TPSA) is 60.5 Å². The lowest BCUT2D eigenvalue weighted by Gasteiger charge is -2.11. The van der Waals surface area contributed by atoms with E-state index in [0.717, 1.165) is 42.7 Å². The highest BCUT2D eigenvalue weighted by Gasteiger charge is 2.12. The fourth-order valence-corrected chi connectivity index (χ4v) is 3.60. The zero-order chi connectivity index (χ0) is 20.5. The number of rotatable bonds is 11. The zero-order valence-electron chi connectivity index (χ0n) is 16.4. The number of unbranched alkanes of at least 4 members (excludes halogenated alkanes) is 2. The molecule has 0 unspecified atom stereocenters. The van der Waals surface area contributed by atoms with Gasteiger partial charge in [0.25, 0.3) is 5.91 Å². The smallest absolute Gasteiger partial charge is 0.251 e. The molecule has 0 atom stereocenters. The first-order valence-corrected chi connectivity index (χ1v) is 10.7. The number of nitrogens with one attached hydrogen (secondary N) is 1. The number of thiazole rings is 1. The van der Waals surface area contributed by atoms with E-state index in [2.05, 4.69) is 10.3 Å². The number of carbonyl (C=O) groups excluding carboxylic acids is 1. The second-order valence-corrected chi connectivity index (χ2v) is 7.44. The Bertz CT molecular complexity index is 945. The highest BCUT2D eigenvalue weighted by atomic mass is 32.1. The average Bonchev–Trinajstić information content (AvgIpc) is 3.21. The molecule has 0 aliphatic carbocycles. The van der Waals surface area contributed by atoms with Gasteiger partial charge in [-0.15, -0.1) is 11.3 Å². The van der Waals surface area contributed by atoms with Gasteiger partial charge in [-0.3, -0.25) is 4.79 Å². The summed E-state index contributed by atoms with van der Waals surface area (Å²) < 4.78 is 26.5. The summed E-state index contributed by atoms with van der Waals surface area (Å²) >= 11 is 1.48. The molecule has 1 aromatic heterocycles. The summed E-state index contributed by atoms with van der Waals surface area (Å²) in [5.74, 6) is -0.465. The lowest BCUT2D eigenvalue weighted by molar-refractivity contribution is 0.0950. The minimum absolute atomic E-state index is 0.0942. The summed E-state index contributed by atoms with van der Waals surface area (Å²) in [6.45, 7) is 3.99. The largest absolute Gasteiger partial charge is 0.491 e. The number of hydrogen-bond donors (Lipinski definition) is 1. The molecule has 1 heterocycles. The van der Waals surface area contributed by atoms with Crippen LogP contribution < -0.4 is 10.1 Å². The van der Waals surface area contributed by atoms with Crippen LogP contribution in [0, 0.1) is 5.82 Å². The lowest BCUT2D eigenvalue weighted by Crippen LogP contribution is -2.23. The normalized spacial score (nSPS) is 11.0. The summed E-state index contributed by atoms with van der Waals surface area (Å²) in [4.78, 5) is 16.6.